The van der Waals surface area contributed by atoms with Crippen LogP contribution in [0.15, 0.2) is 48.7 Å². The molecule has 0 aliphatic carbocycles. The van der Waals surface area contributed by atoms with Gasteiger partial charge in [-0.15, -0.1) is 0 Å². The van der Waals surface area contributed by atoms with Crippen molar-refractivity contribution >= 4 is 17.3 Å². The molecule has 3 aromatic rings. The Labute approximate surface area is 158 Å². The molecule has 0 saturated heterocycles. The molecule has 3 rings (SSSR count). The first-order valence-electron chi connectivity index (χ1n) is 9.15. The number of benzene rings is 1. The van der Waals surface area contributed by atoms with Gasteiger partial charge >= 0.3 is 0 Å². The standard InChI is InChI=1S/C21H24N4O2/c1-4-24(5-2)21(27)19-23-18(17-8-6-7-13-25(17)19)20(26)22-14-16-11-9-15(3)10-12-16/h6-13H,4-5,14H2,1-3H3,(H,22,26). The van der Waals surface area contributed by atoms with Crippen molar-refractivity contribution in [2.75, 3.05) is 13.1 Å². The average Bonchev–Trinajstić information content (AvgIpc) is 3.08. The van der Waals surface area contributed by atoms with E-state index in [1.54, 1.807) is 21.6 Å². The van der Waals surface area contributed by atoms with Crippen molar-refractivity contribution in [2.45, 2.75) is 27.3 Å². The van der Waals surface area contributed by atoms with E-state index in [-0.39, 0.29) is 23.3 Å². The maximum Gasteiger partial charge on any atom is 0.290 e. The minimum atomic E-state index is -0.294. The molecule has 1 N–H and O–H groups in total. The summed E-state index contributed by atoms with van der Waals surface area (Å²) in [4.78, 5) is 31.6. The topological polar surface area (TPSA) is 66.7 Å². The Morgan fingerprint density at radius 2 is 1.78 bits per heavy atom. The van der Waals surface area contributed by atoms with Gasteiger partial charge in [0, 0.05) is 25.8 Å². The highest BCUT2D eigenvalue weighted by atomic mass is 16.2. The van der Waals surface area contributed by atoms with Crippen LogP contribution in [0.25, 0.3) is 5.52 Å². The number of imidazole rings is 1. The van der Waals surface area contributed by atoms with Crippen LogP contribution in [0.1, 0.15) is 46.1 Å². The van der Waals surface area contributed by atoms with Crippen LogP contribution < -0.4 is 5.32 Å². The van der Waals surface area contributed by atoms with Crippen LogP contribution in [0.4, 0.5) is 0 Å². The Bertz CT molecular complexity index is 956. The van der Waals surface area contributed by atoms with Gasteiger partial charge in [0.15, 0.2) is 5.69 Å². The molecule has 0 saturated carbocycles. The van der Waals surface area contributed by atoms with E-state index in [2.05, 4.69) is 10.3 Å². The highest BCUT2D eigenvalue weighted by molar-refractivity contribution is 6.02. The molecule has 140 valence electrons. The van der Waals surface area contributed by atoms with Crippen LogP contribution in [-0.2, 0) is 6.54 Å². The summed E-state index contributed by atoms with van der Waals surface area (Å²) in [5.74, 6) is -0.216. The van der Waals surface area contributed by atoms with Crippen LogP contribution in [-0.4, -0.2) is 39.2 Å². The van der Waals surface area contributed by atoms with E-state index in [1.807, 2.05) is 57.2 Å². The van der Waals surface area contributed by atoms with Crippen molar-refractivity contribution in [2.24, 2.45) is 0 Å². The summed E-state index contributed by atoms with van der Waals surface area (Å²) >= 11 is 0. The summed E-state index contributed by atoms with van der Waals surface area (Å²) in [5, 5.41) is 2.90. The molecule has 0 bridgehead atoms. The Balaban J connectivity index is 1.88. The number of hydrogen-bond donors (Lipinski definition) is 1. The minimum absolute atomic E-state index is 0.182. The number of carbonyl (C=O) groups excluding carboxylic acids is 2. The summed E-state index contributed by atoms with van der Waals surface area (Å²) in [6, 6.07) is 13.4. The van der Waals surface area contributed by atoms with Crippen molar-refractivity contribution in [3.8, 4) is 0 Å². The Morgan fingerprint density at radius 3 is 2.44 bits per heavy atom. The van der Waals surface area contributed by atoms with E-state index in [0.717, 1.165) is 5.56 Å². The van der Waals surface area contributed by atoms with E-state index in [4.69, 9.17) is 0 Å². The number of carbonyl (C=O) groups is 2. The number of aromatic nitrogens is 2. The number of pyridine rings is 1. The summed E-state index contributed by atoms with van der Waals surface area (Å²) in [5.41, 5.74) is 3.06. The molecule has 0 aliphatic rings. The van der Waals surface area contributed by atoms with E-state index in [0.29, 0.717) is 25.2 Å². The second-order valence-electron chi connectivity index (χ2n) is 6.39. The van der Waals surface area contributed by atoms with Crippen molar-refractivity contribution in [3.05, 3.63) is 71.3 Å². The van der Waals surface area contributed by atoms with Crippen molar-refractivity contribution in [1.82, 2.24) is 19.6 Å². The molecule has 0 unspecified atom stereocenters. The average molecular weight is 364 g/mol. The second kappa shape index (κ2) is 8.03. The van der Waals surface area contributed by atoms with E-state index < -0.39 is 0 Å². The second-order valence-corrected chi connectivity index (χ2v) is 6.39. The zero-order valence-electron chi connectivity index (χ0n) is 15.9. The van der Waals surface area contributed by atoms with Gasteiger partial charge in [-0.1, -0.05) is 35.9 Å². The van der Waals surface area contributed by atoms with E-state index >= 15 is 0 Å². The molecule has 6 nitrogen and oxygen atoms in total. The van der Waals surface area contributed by atoms with Gasteiger partial charge in [0.2, 0.25) is 5.82 Å². The summed E-state index contributed by atoms with van der Waals surface area (Å²) in [6.45, 7) is 7.45. The third kappa shape index (κ3) is 3.84. The zero-order chi connectivity index (χ0) is 19.4. The number of amides is 2. The van der Waals surface area contributed by atoms with Gasteiger partial charge in [0.25, 0.3) is 11.8 Å². The van der Waals surface area contributed by atoms with E-state index in [9.17, 15) is 9.59 Å². The molecule has 6 heteroatoms. The molecule has 0 fully saturated rings. The fraction of sp³-hybridized carbons (Fsp3) is 0.286. The molecule has 1 aromatic carbocycles. The van der Waals surface area contributed by atoms with Crippen LogP contribution in [0.3, 0.4) is 0 Å². The lowest BCUT2D eigenvalue weighted by Crippen LogP contribution is -2.32. The number of nitrogens with one attached hydrogen (secondary N) is 1. The molecule has 0 radical (unpaired) electrons. The van der Waals surface area contributed by atoms with Crippen LogP contribution in [0.2, 0.25) is 0 Å². The van der Waals surface area contributed by atoms with Gasteiger partial charge in [-0.25, -0.2) is 4.98 Å². The molecule has 0 spiro atoms. The number of fused-ring (bicyclic) bond motifs is 1. The third-order valence-corrected chi connectivity index (χ3v) is 4.58. The largest absolute Gasteiger partial charge is 0.347 e. The Hall–Kier alpha value is -3.15. The first-order valence-corrected chi connectivity index (χ1v) is 9.15. The minimum Gasteiger partial charge on any atom is -0.347 e. The fourth-order valence-corrected chi connectivity index (χ4v) is 2.98. The van der Waals surface area contributed by atoms with Gasteiger partial charge in [0.1, 0.15) is 0 Å². The number of nitrogens with zero attached hydrogens (tertiary/aromatic N) is 3. The number of aryl methyl sites for hydroxylation is 1. The summed E-state index contributed by atoms with van der Waals surface area (Å²) < 4.78 is 1.68. The normalized spacial score (nSPS) is 10.8. The lowest BCUT2D eigenvalue weighted by molar-refractivity contribution is 0.0760. The molecule has 0 atom stereocenters. The molecule has 2 amide bonds. The van der Waals surface area contributed by atoms with Crippen LogP contribution in [0, 0.1) is 6.92 Å². The smallest absolute Gasteiger partial charge is 0.290 e. The predicted octanol–water partition coefficient (Wildman–Crippen LogP) is 3.05. The molecular weight excluding hydrogens is 340 g/mol. The van der Waals surface area contributed by atoms with Crippen molar-refractivity contribution in [3.63, 3.8) is 0 Å². The van der Waals surface area contributed by atoms with Gasteiger partial charge in [-0.3, -0.25) is 14.0 Å². The summed E-state index contributed by atoms with van der Waals surface area (Å²) in [6.07, 6.45) is 1.76. The SMILES string of the molecule is CCN(CC)C(=O)c1nc(C(=O)NCc2ccc(C)cc2)c2ccccn12. The van der Waals surface area contributed by atoms with Crippen LogP contribution in [0.5, 0.6) is 0 Å². The number of rotatable bonds is 6. The predicted molar refractivity (Wildman–Crippen MR) is 105 cm³/mol. The molecule has 0 aliphatic heterocycles. The highest BCUT2D eigenvalue weighted by Gasteiger charge is 2.23. The number of hydrogen-bond acceptors (Lipinski definition) is 3. The molecule has 2 heterocycles. The summed E-state index contributed by atoms with van der Waals surface area (Å²) in [7, 11) is 0. The molecular formula is C21H24N4O2. The quantitative estimate of drug-likeness (QED) is 0.731. The van der Waals surface area contributed by atoms with Gasteiger partial charge in [-0.05, 0) is 38.5 Å². The van der Waals surface area contributed by atoms with E-state index in [1.165, 1.54) is 5.56 Å². The van der Waals surface area contributed by atoms with Crippen molar-refractivity contribution in [1.29, 1.82) is 0 Å². The molecule has 2 aromatic heterocycles. The van der Waals surface area contributed by atoms with Crippen LogP contribution >= 0.6 is 0 Å². The fourth-order valence-electron chi connectivity index (χ4n) is 2.98. The van der Waals surface area contributed by atoms with Gasteiger partial charge < -0.3 is 10.2 Å². The van der Waals surface area contributed by atoms with Crippen molar-refractivity contribution < 1.29 is 9.59 Å². The third-order valence-electron chi connectivity index (χ3n) is 4.58. The highest BCUT2D eigenvalue weighted by Crippen LogP contribution is 2.15. The lowest BCUT2D eigenvalue weighted by Gasteiger charge is -2.17. The maximum absolute atomic E-state index is 12.8. The Morgan fingerprint density at radius 1 is 1.07 bits per heavy atom. The first kappa shape index (κ1) is 18.6. The van der Waals surface area contributed by atoms with Gasteiger partial charge in [-0.2, -0.15) is 0 Å². The zero-order valence-corrected chi connectivity index (χ0v) is 15.9. The first-order chi connectivity index (χ1) is 13.0. The maximum atomic E-state index is 12.8. The lowest BCUT2D eigenvalue weighted by atomic mass is 10.1. The monoisotopic (exact) mass is 364 g/mol. The van der Waals surface area contributed by atoms with Gasteiger partial charge in [0.05, 0.1) is 5.52 Å². The molecule has 27 heavy (non-hydrogen) atoms. The Kier molecular flexibility index (Phi) is 5.54.